The van der Waals surface area contributed by atoms with Crippen LogP contribution in [0.2, 0.25) is 0 Å². The summed E-state index contributed by atoms with van der Waals surface area (Å²) in [5.74, 6) is -0.964. The standard InChI is InChI=1S/C42H72NO9P/c1-6-8-10-12-14-15-16-17-21-25-29-33-41(45)49-37-40(38-51-53(47,48)50-36-35-43(3,4)5)52-42(46)34-30-26-22-19-18-20-24-28-32-39(44)31-27-23-13-11-9-7-2/h9,11-12,14,19-20,22-24,27-28,32,39-40,44H,6-8,10,13,15-18,21,25-26,29-31,33-38H2,1-5H3/b11-9-,14-12-,22-19-,24-20-,27-23-,32-28+/t39?,40-/m1/s1. The lowest BCUT2D eigenvalue weighted by molar-refractivity contribution is -0.870. The molecule has 0 radical (unpaired) electrons. The Kier molecular flexibility index (Phi) is 32.3. The Morgan fingerprint density at radius 2 is 1.34 bits per heavy atom. The minimum atomic E-state index is -4.66. The number of hydrogen-bond acceptors (Lipinski definition) is 9. The first-order valence-corrected chi connectivity index (χ1v) is 21.2. The molecule has 10 nitrogen and oxygen atoms in total. The first-order valence-electron chi connectivity index (χ1n) is 19.8. The van der Waals surface area contributed by atoms with Gasteiger partial charge in [0.1, 0.15) is 19.8 Å². The van der Waals surface area contributed by atoms with Gasteiger partial charge in [0.2, 0.25) is 0 Å². The highest BCUT2D eigenvalue weighted by Crippen LogP contribution is 2.38. The Morgan fingerprint density at radius 3 is 2.08 bits per heavy atom. The van der Waals surface area contributed by atoms with Crippen molar-refractivity contribution in [2.24, 2.45) is 0 Å². The number of phosphoric acid groups is 1. The van der Waals surface area contributed by atoms with Gasteiger partial charge in [0.05, 0.1) is 33.9 Å². The fraction of sp³-hybridized carbons (Fsp3) is 0.667. The third kappa shape index (κ3) is 37.5. The third-order valence-electron chi connectivity index (χ3n) is 7.79. The molecule has 304 valence electrons. The molecule has 0 bridgehead atoms. The number of quaternary nitrogens is 1. The fourth-order valence-electron chi connectivity index (χ4n) is 4.64. The normalized spacial score (nSPS) is 15.1. The number of carbonyl (C=O) groups excluding carboxylic acids is 2. The highest BCUT2D eigenvalue weighted by Gasteiger charge is 2.21. The average Bonchev–Trinajstić information content (AvgIpc) is 3.10. The molecule has 0 aliphatic carbocycles. The topological polar surface area (TPSA) is 131 Å². The number of allylic oxidation sites excluding steroid dienone is 10. The molecular formula is C42H72NO9P. The van der Waals surface area contributed by atoms with E-state index in [0.29, 0.717) is 43.1 Å². The van der Waals surface area contributed by atoms with Crippen molar-refractivity contribution in [3.8, 4) is 0 Å². The van der Waals surface area contributed by atoms with Crippen LogP contribution in [0.3, 0.4) is 0 Å². The van der Waals surface area contributed by atoms with E-state index < -0.39 is 38.6 Å². The average molecular weight is 766 g/mol. The number of rotatable bonds is 34. The maximum Gasteiger partial charge on any atom is 0.306 e. The van der Waals surface area contributed by atoms with Crippen molar-refractivity contribution in [1.29, 1.82) is 0 Å². The van der Waals surface area contributed by atoms with E-state index in [9.17, 15) is 24.2 Å². The highest BCUT2D eigenvalue weighted by molar-refractivity contribution is 7.45. The molecule has 0 rings (SSSR count). The van der Waals surface area contributed by atoms with Gasteiger partial charge in [-0.15, -0.1) is 0 Å². The van der Waals surface area contributed by atoms with Crippen molar-refractivity contribution in [1.82, 2.24) is 0 Å². The smallest absolute Gasteiger partial charge is 0.306 e. The van der Waals surface area contributed by atoms with Gasteiger partial charge in [-0.3, -0.25) is 14.2 Å². The summed E-state index contributed by atoms with van der Waals surface area (Å²) in [6, 6.07) is 0. The van der Waals surface area contributed by atoms with Crippen molar-refractivity contribution in [2.75, 3.05) is 47.5 Å². The molecular weight excluding hydrogens is 693 g/mol. The summed E-state index contributed by atoms with van der Waals surface area (Å²) < 4.78 is 33.6. The molecule has 0 aromatic heterocycles. The summed E-state index contributed by atoms with van der Waals surface area (Å²) in [7, 11) is 1.07. The van der Waals surface area contributed by atoms with E-state index in [0.717, 1.165) is 51.4 Å². The molecule has 0 aromatic rings. The molecule has 0 fully saturated rings. The number of unbranched alkanes of at least 4 members (excludes halogenated alkanes) is 8. The molecule has 0 saturated heterocycles. The molecule has 0 saturated carbocycles. The predicted molar refractivity (Wildman–Crippen MR) is 214 cm³/mol. The minimum Gasteiger partial charge on any atom is -0.756 e. The number of carbonyl (C=O) groups is 2. The Bertz CT molecular complexity index is 1150. The monoisotopic (exact) mass is 765 g/mol. The third-order valence-corrected chi connectivity index (χ3v) is 8.75. The molecule has 11 heteroatoms. The molecule has 0 heterocycles. The number of hydrogen-bond donors (Lipinski definition) is 1. The van der Waals surface area contributed by atoms with Gasteiger partial charge in [-0.25, -0.2) is 0 Å². The Hall–Kier alpha value is -2.59. The van der Waals surface area contributed by atoms with Gasteiger partial charge in [0.25, 0.3) is 7.82 Å². The van der Waals surface area contributed by atoms with Crippen LogP contribution in [0.4, 0.5) is 0 Å². The molecule has 53 heavy (non-hydrogen) atoms. The lowest BCUT2D eigenvalue weighted by Crippen LogP contribution is -2.37. The Labute approximate surface area is 321 Å². The van der Waals surface area contributed by atoms with Crippen LogP contribution < -0.4 is 4.89 Å². The van der Waals surface area contributed by atoms with Gasteiger partial charge in [-0.2, -0.15) is 0 Å². The lowest BCUT2D eigenvalue weighted by Gasteiger charge is -2.28. The summed E-state index contributed by atoms with van der Waals surface area (Å²) in [5.41, 5.74) is 0. The molecule has 0 aliphatic heterocycles. The second kappa shape index (κ2) is 33.9. The fourth-order valence-corrected chi connectivity index (χ4v) is 5.36. The van der Waals surface area contributed by atoms with Crippen molar-refractivity contribution in [3.05, 3.63) is 72.9 Å². The SMILES string of the molecule is CC/C=C\C/C=C\CC(O)/C=C/C=C\C/C=C\CCCC(=O)O[C@H](COC(=O)CCCCCCC/C=C\CCCC)COP(=O)([O-])OCC[N+](C)(C)C. The van der Waals surface area contributed by atoms with E-state index in [-0.39, 0.29) is 26.1 Å². The van der Waals surface area contributed by atoms with E-state index in [4.69, 9.17) is 18.5 Å². The molecule has 3 atom stereocenters. The van der Waals surface area contributed by atoms with Crippen LogP contribution in [-0.4, -0.2) is 81.2 Å². The maximum absolute atomic E-state index is 12.6. The number of aliphatic hydroxyl groups is 1. The van der Waals surface area contributed by atoms with Crippen LogP contribution in [0.25, 0.3) is 0 Å². The summed E-state index contributed by atoms with van der Waals surface area (Å²) >= 11 is 0. The number of phosphoric ester groups is 1. The van der Waals surface area contributed by atoms with Crippen LogP contribution in [0.15, 0.2) is 72.9 Å². The second-order valence-corrected chi connectivity index (χ2v) is 15.5. The van der Waals surface area contributed by atoms with Crippen LogP contribution >= 0.6 is 7.82 Å². The number of ether oxygens (including phenoxy) is 2. The molecule has 2 unspecified atom stereocenters. The van der Waals surface area contributed by atoms with E-state index in [2.05, 4.69) is 38.2 Å². The van der Waals surface area contributed by atoms with Gasteiger partial charge in [-0.1, -0.05) is 119 Å². The number of nitrogens with zero attached hydrogens (tertiary/aromatic N) is 1. The van der Waals surface area contributed by atoms with Gasteiger partial charge in [0, 0.05) is 12.8 Å². The van der Waals surface area contributed by atoms with Crippen molar-refractivity contribution in [2.45, 2.75) is 135 Å². The van der Waals surface area contributed by atoms with Crippen LogP contribution in [0.1, 0.15) is 123 Å². The second-order valence-electron chi connectivity index (χ2n) is 14.1. The summed E-state index contributed by atoms with van der Waals surface area (Å²) in [5, 5.41) is 10.0. The molecule has 0 aliphatic rings. The maximum atomic E-state index is 12.6. The zero-order valence-corrected chi connectivity index (χ0v) is 34.4. The van der Waals surface area contributed by atoms with Crippen LogP contribution in [0, 0.1) is 0 Å². The zero-order chi connectivity index (χ0) is 39.5. The first kappa shape index (κ1) is 50.4. The van der Waals surface area contributed by atoms with Gasteiger partial charge < -0.3 is 33.0 Å². The number of likely N-dealkylation sites (N-methyl/N-ethyl adjacent to an activating group) is 1. The van der Waals surface area contributed by atoms with Crippen LogP contribution in [0.5, 0.6) is 0 Å². The summed E-state index contributed by atoms with van der Waals surface area (Å²) in [6.07, 6.45) is 36.9. The van der Waals surface area contributed by atoms with Gasteiger partial charge in [-0.05, 0) is 64.2 Å². The molecule has 1 N–H and O–H groups in total. The van der Waals surface area contributed by atoms with Gasteiger partial charge in [0.15, 0.2) is 6.10 Å². The van der Waals surface area contributed by atoms with E-state index in [1.807, 2.05) is 63.7 Å². The van der Waals surface area contributed by atoms with Crippen molar-refractivity contribution >= 4 is 19.8 Å². The highest BCUT2D eigenvalue weighted by atomic mass is 31.2. The number of aliphatic hydroxyl groups excluding tert-OH is 1. The first-order chi connectivity index (χ1) is 25.4. The predicted octanol–water partition coefficient (Wildman–Crippen LogP) is 9.02. The summed E-state index contributed by atoms with van der Waals surface area (Å²) in [4.78, 5) is 37.3. The van der Waals surface area contributed by atoms with E-state index >= 15 is 0 Å². The zero-order valence-electron chi connectivity index (χ0n) is 33.5. The molecule has 0 spiro atoms. The number of esters is 2. The lowest BCUT2D eigenvalue weighted by atomic mass is 10.1. The van der Waals surface area contributed by atoms with Gasteiger partial charge >= 0.3 is 11.9 Å². The largest absolute Gasteiger partial charge is 0.756 e. The molecule has 0 aromatic carbocycles. The quantitative estimate of drug-likeness (QED) is 0.0170. The van der Waals surface area contributed by atoms with Crippen molar-refractivity contribution < 1.29 is 47.2 Å². The Morgan fingerprint density at radius 1 is 0.717 bits per heavy atom. The van der Waals surface area contributed by atoms with Crippen molar-refractivity contribution in [3.63, 3.8) is 0 Å². The minimum absolute atomic E-state index is 0.0576. The molecule has 0 amide bonds. The van der Waals surface area contributed by atoms with Crippen LogP contribution in [-0.2, 0) is 32.7 Å². The Balaban J connectivity index is 4.63. The van der Waals surface area contributed by atoms with E-state index in [1.54, 1.807) is 6.08 Å². The summed E-state index contributed by atoms with van der Waals surface area (Å²) in [6.45, 7) is 3.86. The van der Waals surface area contributed by atoms with E-state index in [1.165, 1.54) is 12.8 Å².